The minimum Gasteiger partial charge on any atom is -0.497 e. The first kappa shape index (κ1) is 15.1. The molecule has 24 heavy (non-hydrogen) atoms. The van der Waals surface area contributed by atoms with Crippen LogP contribution in [0.15, 0.2) is 42.5 Å². The van der Waals surface area contributed by atoms with Gasteiger partial charge in [-0.15, -0.1) is 0 Å². The van der Waals surface area contributed by atoms with Crippen LogP contribution in [0.3, 0.4) is 0 Å². The number of hydrogen-bond acceptors (Lipinski definition) is 3. The lowest BCUT2D eigenvalue weighted by Gasteiger charge is -2.19. The number of nitrogens with one attached hydrogen (secondary N) is 2. The van der Waals surface area contributed by atoms with Crippen LogP contribution in [0.25, 0.3) is 0 Å². The van der Waals surface area contributed by atoms with Crippen LogP contribution in [0.2, 0.25) is 0 Å². The molecule has 4 rings (SSSR count). The Morgan fingerprint density at radius 1 is 1.21 bits per heavy atom. The summed E-state index contributed by atoms with van der Waals surface area (Å²) in [6, 6.07) is 14.0. The number of carbonyl (C=O) groups excluding carboxylic acids is 1. The smallest absolute Gasteiger partial charge is 0.251 e. The summed E-state index contributed by atoms with van der Waals surface area (Å²) in [5.41, 5.74) is 4.28. The molecule has 4 nitrogen and oxygen atoms in total. The highest BCUT2D eigenvalue weighted by Gasteiger charge is 2.33. The Kier molecular flexibility index (Phi) is 3.89. The highest BCUT2D eigenvalue weighted by Crippen LogP contribution is 2.41. The molecule has 1 saturated carbocycles. The van der Waals surface area contributed by atoms with Crippen molar-refractivity contribution in [1.82, 2.24) is 5.32 Å². The predicted molar refractivity (Wildman–Crippen MR) is 94.6 cm³/mol. The molecule has 2 aliphatic rings. The van der Waals surface area contributed by atoms with Crippen molar-refractivity contribution in [2.75, 3.05) is 19.0 Å². The SMILES string of the molecule is COc1ccc(C(NC(=O)c2ccc3c(c2)CCN3)C2CC2)cc1. The number of fused-ring (bicyclic) bond motifs is 1. The van der Waals surface area contributed by atoms with Crippen molar-refractivity contribution < 1.29 is 9.53 Å². The molecule has 1 aliphatic heterocycles. The van der Waals surface area contributed by atoms with Gasteiger partial charge in [0.15, 0.2) is 0 Å². The number of benzene rings is 2. The maximum atomic E-state index is 12.7. The molecule has 2 aromatic rings. The van der Waals surface area contributed by atoms with E-state index in [1.807, 2.05) is 30.3 Å². The fraction of sp³-hybridized carbons (Fsp3) is 0.350. The zero-order valence-electron chi connectivity index (χ0n) is 13.8. The molecule has 1 fully saturated rings. The molecule has 1 atom stereocenters. The largest absolute Gasteiger partial charge is 0.497 e. The second-order valence-electron chi connectivity index (χ2n) is 6.61. The van der Waals surface area contributed by atoms with Gasteiger partial charge in [0.1, 0.15) is 5.75 Å². The minimum atomic E-state index is 0.0115. The normalized spacial score (nSPS) is 16.9. The second kappa shape index (κ2) is 6.19. The van der Waals surface area contributed by atoms with E-state index in [9.17, 15) is 4.79 Å². The van der Waals surface area contributed by atoms with Gasteiger partial charge in [-0.2, -0.15) is 0 Å². The highest BCUT2D eigenvalue weighted by atomic mass is 16.5. The predicted octanol–water partition coefficient (Wildman–Crippen LogP) is 3.54. The fourth-order valence-corrected chi connectivity index (χ4v) is 3.38. The molecule has 0 aromatic heterocycles. The van der Waals surface area contributed by atoms with E-state index in [2.05, 4.69) is 22.8 Å². The summed E-state index contributed by atoms with van der Waals surface area (Å²) >= 11 is 0. The van der Waals surface area contributed by atoms with Gasteiger partial charge in [-0.05, 0) is 66.6 Å². The number of rotatable bonds is 5. The van der Waals surface area contributed by atoms with Crippen LogP contribution in [-0.4, -0.2) is 19.6 Å². The standard InChI is InChI=1S/C20H22N2O2/c1-24-17-7-4-14(5-8-17)19(13-2-3-13)22-20(23)16-6-9-18-15(12-16)10-11-21-18/h4-9,12-13,19,21H,2-3,10-11H2,1H3,(H,22,23). The molecule has 0 radical (unpaired) electrons. The van der Waals surface area contributed by atoms with E-state index in [1.165, 1.54) is 18.4 Å². The Morgan fingerprint density at radius 3 is 2.71 bits per heavy atom. The van der Waals surface area contributed by atoms with E-state index in [4.69, 9.17) is 4.74 Å². The van der Waals surface area contributed by atoms with Crippen LogP contribution in [-0.2, 0) is 6.42 Å². The molecule has 4 heteroatoms. The Labute approximate surface area is 142 Å². The molecule has 124 valence electrons. The van der Waals surface area contributed by atoms with Gasteiger partial charge in [0, 0.05) is 17.8 Å². The number of hydrogen-bond donors (Lipinski definition) is 2. The van der Waals surface area contributed by atoms with E-state index < -0.39 is 0 Å². The van der Waals surface area contributed by atoms with Crippen LogP contribution in [0.4, 0.5) is 5.69 Å². The zero-order valence-corrected chi connectivity index (χ0v) is 13.8. The lowest BCUT2D eigenvalue weighted by molar-refractivity contribution is 0.0931. The summed E-state index contributed by atoms with van der Waals surface area (Å²) in [7, 11) is 1.66. The van der Waals surface area contributed by atoms with Gasteiger partial charge < -0.3 is 15.4 Å². The van der Waals surface area contributed by atoms with Gasteiger partial charge in [0.25, 0.3) is 5.91 Å². The van der Waals surface area contributed by atoms with Crippen molar-refractivity contribution in [2.24, 2.45) is 5.92 Å². The van der Waals surface area contributed by atoms with Crippen molar-refractivity contribution in [2.45, 2.75) is 25.3 Å². The summed E-state index contributed by atoms with van der Waals surface area (Å²) in [4.78, 5) is 12.7. The number of methoxy groups -OCH3 is 1. The zero-order chi connectivity index (χ0) is 16.5. The van der Waals surface area contributed by atoms with Crippen molar-refractivity contribution >= 4 is 11.6 Å². The number of ether oxygens (including phenoxy) is 1. The number of anilines is 1. The molecule has 1 heterocycles. The Hall–Kier alpha value is -2.49. The Morgan fingerprint density at radius 2 is 2.00 bits per heavy atom. The molecule has 0 saturated heterocycles. The Balaban J connectivity index is 1.53. The first-order valence-electron chi connectivity index (χ1n) is 8.56. The minimum absolute atomic E-state index is 0.0115. The maximum absolute atomic E-state index is 12.7. The monoisotopic (exact) mass is 322 g/mol. The number of amides is 1. The van der Waals surface area contributed by atoms with Crippen molar-refractivity contribution in [3.8, 4) is 5.75 Å². The van der Waals surface area contributed by atoms with Gasteiger partial charge in [-0.25, -0.2) is 0 Å². The van der Waals surface area contributed by atoms with Crippen molar-refractivity contribution in [3.63, 3.8) is 0 Å². The summed E-state index contributed by atoms with van der Waals surface area (Å²) in [6.07, 6.45) is 3.33. The van der Waals surface area contributed by atoms with E-state index in [0.29, 0.717) is 5.92 Å². The molecule has 1 unspecified atom stereocenters. The van der Waals surface area contributed by atoms with Gasteiger partial charge >= 0.3 is 0 Å². The molecule has 2 aromatic carbocycles. The molecule has 2 N–H and O–H groups in total. The topological polar surface area (TPSA) is 50.4 Å². The van der Waals surface area contributed by atoms with Crippen LogP contribution in [0.5, 0.6) is 5.75 Å². The summed E-state index contributed by atoms with van der Waals surface area (Å²) in [5.74, 6) is 1.39. The third-order valence-electron chi connectivity index (χ3n) is 4.93. The average Bonchev–Trinajstić information content (AvgIpc) is 3.35. The van der Waals surface area contributed by atoms with Crippen LogP contribution in [0.1, 0.15) is 40.4 Å². The van der Waals surface area contributed by atoms with E-state index >= 15 is 0 Å². The van der Waals surface area contributed by atoms with Crippen molar-refractivity contribution in [1.29, 1.82) is 0 Å². The van der Waals surface area contributed by atoms with Gasteiger partial charge in [-0.3, -0.25) is 4.79 Å². The first-order chi connectivity index (χ1) is 11.7. The average molecular weight is 322 g/mol. The molecule has 1 aliphatic carbocycles. The summed E-state index contributed by atoms with van der Waals surface area (Å²) in [5, 5.41) is 6.57. The van der Waals surface area contributed by atoms with E-state index in [1.54, 1.807) is 7.11 Å². The van der Waals surface area contributed by atoms with E-state index in [-0.39, 0.29) is 11.9 Å². The quantitative estimate of drug-likeness (QED) is 0.885. The lowest BCUT2D eigenvalue weighted by Crippen LogP contribution is -2.29. The molecular formula is C20H22N2O2. The maximum Gasteiger partial charge on any atom is 0.251 e. The fourth-order valence-electron chi connectivity index (χ4n) is 3.38. The highest BCUT2D eigenvalue weighted by molar-refractivity contribution is 5.95. The summed E-state index contributed by atoms with van der Waals surface area (Å²) < 4.78 is 5.22. The second-order valence-corrected chi connectivity index (χ2v) is 6.61. The Bertz CT molecular complexity index is 751. The molecular weight excluding hydrogens is 300 g/mol. The van der Waals surface area contributed by atoms with Crippen LogP contribution in [0, 0.1) is 5.92 Å². The van der Waals surface area contributed by atoms with Crippen LogP contribution >= 0.6 is 0 Å². The lowest BCUT2D eigenvalue weighted by atomic mass is 10.0. The molecule has 0 bridgehead atoms. The molecule has 1 amide bonds. The third-order valence-corrected chi connectivity index (χ3v) is 4.93. The van der Waals surface area contributed by atoms with Gasteiger partial charge in [0.2, 0.25) is 0 Å². The first-order valence-corrected chi connectivity index (χ1v) is 8.56. The van der Waals surface area contributed by atoms with Crippen molar-refractivity contribution in [3.05, 3.63) is 59.2 Å². The third kappa shape index (κ3) is 2.96. The van der Waals surface area contributed by atoms with Crippen LogP contribution < -0.4 is 15.4 Å². The van der Waals surface area contributed by atoms with Gasteiger partial charge in [0.05, 0.1) is 13.2 Å². The van der Waals surface area contributed by atoms with E-state index in [0.717, 1.165) is 35.5 Å². The molecule has 0 spiro atoms. The number of carbonyl (C=O) groups is 1. The van der Waals surface area contributed by atoms with Gasteiger partial charge in [-0.1, -0.05) is 12.1 Å². The summed E-state index contributed by atoms with van der Waals surface area (Å²) in [6.45, 7) is 0.955.